The lowest BCUT2D eigenvalue weighted by Crippen LogP contribution is -2.31. The van der Waals surface area contributed by atoms with Crippen LogP contribution in [0.5, 0.6) is 5.75 Å². The summed E-state index contributed by atoms with van der Waals surface area (Å²) in [6.07, 6.45) is 1.76. The van der Waals surface area contributed by atoms with Gasteiger partial charge in [0.1, 0.15) is 5.75 Å². The van der Waals surface area contributed by atoms with E-state index in [0.29, 0.717) is 31.0 Å². The van der Waals surface area contributed by atoms with Crippen LogP contribution in [0.3, 0.4) is 0 Å². The Morgan fingerprint density at radius 1 is 1.07 bits per heavy atom. The van der Waals surface area contributed by atoms with Gasteiger partial charge in [-0.25, -0.2) is 22.0 Å². The molecule has 0 aliphatic carbocycles. The molecule has 0 aliphatic rings. The normalized spacial score (nSPS) is 12.0. The maximum absolute atomic E-state index is 12.1. The number of nitrogens with zero attached hydrogens (tertiary/aromatic N) is 1. The monoisotopic (exact) mass is 455 g/mol. The van der Waals surface area contributed by atoms with Crippen LogP contribution in [0.25, 0.3) is 0 Å². The van der Waals surface area contributed by atoms with E-state index in [0.717, 1.165) is 6.26 Å². The van der Waals surface area contributed by atoms with Crippen molar-refractivity contribution in [1.82, 2.24) is 4.90 Å². The average molecular weight is 456 g/mol. The molecule has 0 unspecified atom stereocenters. The summed E-state index contributed by atoms with van der Waals surface area (Å²) in [7, 11) is -5.37. The van der Waals surface area contributed by atoms with Crippen molar-refractivity contribution in [2.75, 3.05) is 38.3 Å². The number of nitrogens with one attached hydrogen (secondary N) is 1. The van der Waals surface area contributed by atoms with Crippen LogP contribution < -0.4 is 15.2 Å². The molecule has 9 nitrogen and oxygen atoms in total. The molecule has 2 aromatic carbocycles. The third-order valence-electron chi connectivity index (χ3n) is 4.05. The number of hydrogen-bond acceptors (Lipinski definition) is 7. The van der Waals surface area contributed by atoms with Crippen molar-refractivity contribution in [3.63, 3.8) is 0 Å². The maximum Gasteiger partial charge on any atom is 0.238 e. The third-order valence-corrected chi connectivity index (χ3v) is 6.07. The second-order valence-corrected chi connectivity index (χ2v) is 10.4. The highest BCUT2D eigenvalue weighted by atomic mass is 32.2. The molecule has 0 radical (unpaired) electrons. The summed E-state index contributed by atoms with van der Waals surface area (Å²) in [6, 6.07) is 12.0. The van der Waals surface area contributed by atoms with Gasteiger partial charge in [0.15, 0.2) is 9.84 Å². The van der Waals surface area contributed by atoms with Crippen molar-refractivity contribution < 1.29 is 26.4 Å². The Morgan fingerprint density at radius 2 is 1.73 bits per heavy atom. The highest BCUT2D eigenvalue weighted by Gasteiger charge is 2.11. The molecule has 0 bridgehead atoms. The lowest BCUT2D eigenvalue weighted by molar-refractivity contribution is -0.117. The number of rotatable bonds is 10. The van der Waals surface area contributed by atoms with E-state index < -0.39 is 19.9 Å². The Morgan fingerprint density at radius 3 is 2.40 bits per heavy atom. The first kappa shape index (κ1) is 23.8. The lowest BCUT2D eigenvalue weighted by Gasteiger charge is -2.16. The Hall–Kier alpha value is -2.47. The number of nitrogens with two attached hydrogens (primary N) is 1. The molecule has 0 aromatic heterocycles. The molecule has 164 valence electrons. The number of amides is 1. The van der Waals surface area contributed by atoms with Gasteiger partial charge in [0.2, 0.25) is 15.9 Å². The van der Waals surface area contributed by atoms with Crippen molar-refractivity contribution >= 4 is 31.5 Å². The van der Waals surface area contributed by atoms with Gasteiger partial charge in [-0.3, -0.25) is 9.69 Å². The standard InChI is InChI=1S/C19H25N3O6S2/c1-22(10-5-11-28-16-7-4-8-17(13-16)29(2,24)25)14-19(23)21-15-6-3-9-18(12-15)30(20,26)27/h3-4,6-9,12-13H,5,10-11,14H2,1-2H3,(H,21,23)(H2,20,26,27). The Bertz CT molecular complexity index is 1100. The van der Waals surface area contributed by atoms with E-state index >= 15 is 0 Å². The maximum atomic E-state index is 12.1. The van der Waals surface area contributed by atoms with Crippen LogP contribution in [0.15, 0.2) is 58.3 Å². The first-order valence-corrected chi connectivity index (χ1v) is 12.4. The number of hydrogen-bond donors (Lipinski definition) is 2. The summed E-state index contributed by atoms with van der Waals surface area (Å²) in [5.41, 5.74) is 0.342. The van der Waals surface area contributed by atoms with E-state index in [-0.39, 0.29) is 22.2 Å². The molecule has 0 heterocycles. The summed E-state index contributed by atoms with van der Waals surface area (Å²) >= 11 is 0. The molecule has 30 heavy (non-hydrogen) atoms. The van der Waals surface area contributed by atoms with Gasteiger partial charge in [0, 0.05) is 18.5 Å². The zero-order valence-corrected chi connectivity index (χ0v) is 18.4. The average Bonchev–Trinajstić information content (AvgIpc) is 2.64. The number of sulfone groups is 1. The summed E-state index contributed by atoms with van der Waals surface area (Å²) in [5, 5.41) is 7.72. The second kappa shape index (κ2) is 10.0. The van der Waals surface area contributed by atoms with Gasteiger partial charge < -0.3 is 10.1 Å². The Balaban J connectivity index is 1.77. The van der Waals surface area contributed by atoms with E-state index in [1.165, 1.54) is 30.3 Å². The highest BCUT2D eigenvalue weighted by Crippen LogP contribution is 2.17. The number of benzene rings is 2. The molecule has 3 N–H and O–H groups in total. The van der Waals surface area contributed by atoms with Crippen molar-refractivity contribution in [2.45, 2.75) is 16.2 Å². The summed E-state index contributed by atoms with van der Waals surface area (Å²) in [6.45, 7) is 1.02. The van der Waals surface area contributed by atoms with Gasteiger partial charge in [-0.1, -0.05) is 12.1 Å². The van der Waals surface area contributed by atoms with Crippen molar-refractivity contribution in [1.29, 1.82) is 0 Å². The zero-order valence-electron chi connectivity index (χ0n) is 16.7. The number of carbonyl (C=O) groups is 1. The van der Waals surface area contributed by atoms with E-state index in [1.54, 1.807) is 30.1 Å². The van der Waals surface area contributed by atoms with Crippen LogP contribution in [0, 0.1) is 0 Å². The summed E-state index contributed by atoms with van der Waals surface area (Å²) < 4.78 is 51.5. The number of primary sulfonamides is 1. The van der Waals surface area contributed by atoms with Crippen molar-refractivity contribution in [2.24, 2.45) is 5.14 Å². The molecule has 1 amide bonds. The SMILES string of the molecule is CN(CCCOc1cccc(S(C)(=O)=O)c1)CC(=O)Nc1cccc(S(N)(=O)=O)c1. The van der Waals surface area contributed by atoms with Crippen LogP contribution in [-0.2, 0) is 24.7 Å². The Labute approximate surface area is 176 Å². The fourth-order valence-corrected chi connectivity index (χ4v) is 3.81. The van der Waals surface area contributed by atoms with Gasteiger partial charge in [-0.15, -0.1) is 0 Å². The largest absolute Gasteiger partial charge is 0.494 e. The fourth-order valence-electron chi connectivity index (χ4n) is 2.59. The molecule has 2 aromatic rings. The molecule has 0 atom stereocenters. The minimum absolute atomic E-state index is 0.0780. The summed E-state index contributed by atoms with van der Waals surface area (Å²) in [5.74, 6) is 0.166. The van der Waals surface area contributed by atoms with Crippen LogP contribution in [0.1, 0.15) is 6.42 Å². The predicted molar refractivity (Wildman–Crippen MR) is 114 cm³/mol. The number of sulfonamides is 1. The first-order chi connectivity index (χ1) is 13.9. The predicted octanol–water partition coefficient (Wildman–Crippen LogP) is 1.08. The molecule has 0 aliphatic heterocycles. The van der Waals surface area contributed by atoms with E-state index in [2.05, 4.69) is 5.32 Å². The highest BCUT2D eigenvalue weighted by molar-refractivity contribution is 7.90. The smallest absolute Gasteiger partial charge is 0.238 e. The molecule has 0 spiro atoms. The Kier molecular flexibility index (Phi) is 7.96. The number of likely N-dealkylation sites (N-methyl/N-ethyl adjacent to an activating group) is 1. The molecule has 11 heteroatoms. The third kappa shape index (κ3) is 7.75. The van der Waals surface area contributed by atoms with E-state index in [1.807, 2.05) is 0 Å². The van der Waals surface area contributed by atoms with Gasteiger partial charge >= 0.3 is 0 Å². The van der Waals surface area contributed by atoms with Gasteiger partial charge in [0.05, 0.1) is 22.9 Å². The van der Waals surface area contributed by atoms with Gasteiger partial charge in [-0.05, 0) is 49.9 Å². The van der Waals surface area contributed by atoms with Gasteiger partial charge in [0.25, 0.3) is 0 Å². The molecular formula is C19H25N3O6S2. The minimum Gasteiger partial charge on any atom is -0.494 e. The lowest BCUT2D eigenvalue weighted by atomic mass is 10.3. The summed E-state index contributed by atoms with van der Waals surface area (Å²) in [4.78, 5) is 14.1. The van der Waals surface area contributed by atoms with E-state index in [4.69, 9.17) is 9.88 Å². The number of ether oxygens (including phenoxy) is 1. The van der Waals surface area contributed by atoms with Crippen LogP contribution in [0.2, 0.25) is 0 Å². The number of carbonyl (C=O) groups excluding carboxylic acids is 1. The topological polar surface area (TPSA) is 136 Å². The minimum atomic E-state index is -3.84. The first-order valence-electron chi connectivity index (χ1n) is 8.99. The van der Waals surface area contributed by atoms with Crippen molar-refractivity contribution in [3.8, 4) is 5.75 Å². The molecule has 2 rings (SSSR count). The van der Waals surface area contributed by atoms with Gasteiger partial charge in [-0.2, -0.15) is 0 Å². The number of anilines is 1. The van der Waals surface area contributed by atoms with Crippen molar-refractivity contribution in [3.05, 3.63) is 48.5 Å². The van der Waals surface area contributed by atoms with Crippen LogP contribution >= 0.6 is 0 Å². The molecule has 0 saturated heterocycles. The molecular weight excluding hydrogens is 430 g/mol. The molecule has 0 fully saturated rings. The zero-order chi connectivity index (χ0) is 22.4. The fraction of sp³-hybridized carbons (Fsp3) is 0.316. The second-order valence-electron chi connectivity index (χ2n) is 6.81. The van der Waals surface area contributed by atoms with Crippen LogP contribution in [0.4, 0.5) is 5.69 Å². The molecule has 0 saturated carbocycles. The van der Waals surface area contributed by atoms with Crippen LogP contribution in [-0.4, -0.2) is 60.6 Å². The quantitative estimate of drug-likeness (QED) is 0.512. The van der Waals surface area contributed by atoms with E-state index in [9.17, 15) is 21.6 Å².